The second-order valence-electron chi connectivity index (χ2n) is 5.07. The van der Waals surface area contributed by atoms with Gasteiger partial charge in [0, 0.05) is 40.4 Å². The molecule has 0 spiro atoms. The highest BCUT2D eigenvalue weighted by molar-refractivity contribution is 6.31. The van der Waals surface area contributed by atoms with E-state index in [-0.39, 0.29) is 5.69 Å². The maximum absolute atomic E-state index is 10.8. The number of halogens is 1. The molecule has 0 amide bonds. The number of nitrogens with zero attached hydrogens (tertiary/aromatic N) is 3. The lowest BCUT2D eigenvalue weighted by Crippen LogP contribution is -2.06. The molecule has 0 fully saturated rings. The van der Waals surface area contributed by atoms with Gasteiger partial charge in [0.1, 0.15) is 5.71 Å². The fraction of sp³-hybridized carbons (Fsp3) is 0.125. The van der Waals surface area contributed by atoms with Crippen molar-refractivity contribution in [1.29, 1.82) is 0 Å². The summed E-state index contributed by atoms with van der Waals surface area (Å²) >= 11 is 6.10. The first kappa shape index (κ1) is 14.4. The van der Waals surface area contributed by atoms with Crippen molar-refractivity contribution in [3.8, 4) is 0 Å². The van der Waals surface area contributed by atoms with E-state index in [1.807, 2.05) is 25.1 Å². The first-order chi connectivity index (χ1) is 10.5. The molecule has 0 saturated carbocycles. The number of hydrogen-bond donors (Lipinski definition) is 0. The SMILES string of the molecule is CC1=NN=C(c2ccc([N+](=O)[O-])cc2)c2cc(Cl)ccc2C1. The van der Waals surface area contributed by atoms with Crippen molar-refractivity contribution in [1.82, 2.24) is 0 Å². The summed E-state index contributed by atoms with van der Waals surface area (Å²) in [6.07, 6.45) is 0.701. The Labute approximate surface area is 132 Å². The van der Waals surface area contributed by atoms with Gasteiger partial charge in [-0.25, -0.2) is 0 Å². The summed E-state index contributed by atoms with van der Waals surface area (Å²) in [7, 11) is 0. The zero-order valence-electron chi connectivity index (χ0n) is 11.8. The second kappa shape index (κ2) is 5.69. The first-order valence-corrected chi connectivity index (χ1v) is 7.07. The minimum Gasteiger partial charge on any atom is -0.258 e. The molecule has 3 rings (SSSR count). The molecular weight excluding hydrogens is 302 g/mol. The van der Waals surface area contributed by atoms with E-state index < -0.39 is 4.92 Å². The quantitative estimate of drug-likeness (QED) is 0.620. The van der Waals surface area contributed by atoms with Crippen LogP contribution in [0.1, 0.15) is 23.6 Å². The molecule has 110 valence electrons. The Hall–Kier alpha value is -2.53. The van der Waals surface area contributed by atoms with E-state index in [1.165, 1.54) is 12.1 Å². The Morgan fingerprint density at radius 1 is 1.14 bits per heavy atom. The minimum atomic E-state index is -0.425. The Bertz CT molecular complexity index is 811. The summed E-state index contributed by atoms with van der Waals surface area (Å²) in [5.74, 6) is 0. The van der Waals surface area contributed by atoms with Crippen LogP contribution in [-0.2, 0) is 6.42 Å². The molecule has 0 aromatic heterocycles. The van der Waals surface area contributed by atoms with Gasteiger partial charge in [0.15, 0.2) is 0 Å². The van der Waals surface area contributed by atoms with Gasteiger partial charge in [-0.2, -0.15) is 5.10 Å². The van der Waals surface area contributed by atoms with Crippen LogP contribution in [0.3, 0.4) is 0 Å². The van der Waals surface area contributed by atoms with E-state index in [2.05, 4.69) is 10.2 Å². The lowest BCUT2D eigenvalue weighted by atomic mass is 9.95. The molecule has 22 heavy (non-hydrogen) atoms. The zero-order valence-corrected chi connectivity index (χ0v) is 12.5. The normalized spacial score (nSPS) is 13.7. The van der Waals surface area contributed by atoms with Crippen LogP contribution in [0.4, 0.5) is 5.69 Å². The Morgan fingerprint density at radius 2 is 1.86 bits per heavy atom. The van der Waals surface area contributed by atoms with E-state index in [9.17, 15) is 10.1 Å². The smallest absolute Gasteiger partial charge is 0.258 e. The van der Waals surface area contributed by atoms with Crippen LogP contribution in [0.15, 0.2) is 52.7 Å². The van der Waals surface area contributed by atoms with Gasteiger partial charge in [0.25, 0.3) is 5.69 Å². The molecule has 6 heteroatoms. The predicted molar refractivity (Wildman–Crippen MR) is 87.0 cm³/mol. The summed E-state index contributed by atoms with van der Waals surface area (Å²) in [4.78, 5) is 10.3. The lowest BCUT2D eigenvalue weighted by Gasteiger charge is -2.09. The second-order valence-corrected chi connectivity index (χ2v) is 5.50. The molecule has 2 aromatic carbocycles. The van der Waals surface area contributed by atoms with Crippen molar-refractivity contribution in [2.75, 3.05) is 0 Å². The number of nitro groups is 1. The van der Waals surface area contributed by atoms with Crippen molar-refractivity contribution in [3.05, 3.63) is 74.3 Å². The summed E-state index contributed by atoms with van der Waals surface area (Å²) in [6.45, 7) is 1.92. The van der Waals surface area contributed by atoms with Gasteiger partial charge in [-0.1, -0.05) is 17.7 Å². The number of fused-ring (bicyclic) bond motifs is 1. The topological polar surface area (TPSA) is 67.9 Å². The lowest BCUT2D eigenvalue weighted by molar-refractivity contribution is -0.384. The molecule has 0 unspecified atom stereocenters. The first-order valence-electron chi connectivity index (χ1n) is 6.69. The van der Waals surface area contributed by atoms with E-state index in [1.54, 1.807) is 12.1 Å². The maximum atomic E-state index is 10.8. The highest BCUT2D eigenvalue weighted by Crippen LogP contribution is 2.24. The fourth-order valence-electron chi connectivity index (χ4n) is 2.38. The molecule has 1 heterocycles. The number of nitro benzene ring substituents is 1. The number of non-ortho nitro benzene ring substituents is 1. The van der Waals surface area contributed by atoms with Crippen LogP contribution in [0.2, 0.25) is 5.02 Å². The van der Waals surface area contributed by atoms with Crippen molar-refractivity contribution in [3.63, 3.8) is 0 Å². The van der Waals surface area contributed by atoms with Gasteiger partial charge < -0.3 is 0 Å². The molecule has 1 aliphatic rings. The van der Waals surface area contributed by atoms with Crippen LogP contribution in [0.25, 0.3) is 0 Å². The molecule has 5 nitrogen and oxygen atoms in total. The molecule has 0 atom stereocenters. The summed E-state index contributed by atoms with van der Waals surface area (Å²) in [5, 5.41) is 19.9. The number of rotatable bonds is 2. The van der Waals surface area contributed by atoms with Crippen molar-refractivity contribution in [2.45, 2.75) is 13.3 Å². The Kier molecular flexibility index (Phi) is 3.73. The number of hydrogen-bond acceptors (Lipinski definition) is 4. The van der Waals surface area contributed by atoms with Crippen molar-refractivity contribution in [2.24, 2.45) is 10.2 Å². The van der Waals surface area contributed by atoms with Gasteiger partial charge in [0.05, 0.1) is 4.92 Å². The highest BCUT2D eigenvalue weighted by atomic mass is 35.5. The van der Waals surface area contributed by atoms with E-state index in [0.717, 1.165) is 22.4 Å². The molecule has 1 aliphatic heterocycles. The van der Waals surface area contributed by atoms with Crippen LogP contribution in [-0.4, -0.2) is 16.3 Å². The summed E-state index contributed by atoms with van der Waals surface area (Å²) < 4.78 is 0. The van der Waals surface area contributed by atoms with Crippen molar-refractivity contribution < 1.29 is 4.92 Å². The van der Waals surface area contributed by atoms with E-state index >= 15 is 0 Å². The van der Waals surface area contributed by atoms with Crippen molar-refractivity contribution >= 4 is 28.7 Å². The summed E-state index contributed by atoms with van der Waals surface area (Å²) in [6, 6.07) is 11.9. The van der Waals surface area contributed by atoms with E-state index in [4.69, 9.17) is 11.6 Å². The minimum absolute atomic E-state index is 0.0453. The molecule has 0 bridgehead atoms. The van der Waals surface area contributed by atoms with Gasteiger partial charge in [-0.05, 0) is 36.8 Å². The van der Waals surface area contributed by atoms with Gasteiger partial charge >= 0.3 is 0 Å². The van der Waals surface area contributed by atoms with Gasteiger partial charge in [-0.15, -0.1) is 5.10 Å². The summed E-state index contributed by atoms with van der Waals surface area (Å²) in [5.41, 5.74) is 4.38. The average Bonchev–Trinajstić information content (AvgIpc) is 2.66. The van der Waals surface area contributed by atoms with Gasteiger partial charge in [-0.3, -0.25) is 10.1 Å². The predicted octanol–water partition coefficient (Wildman–Crippen LogP) is 4.02. The third kappa shape index (κ3) is 2.76. The van der Waals surface area contributed by atoms with Crippen LogP contribution in [0, 0.1) is 10.1 Å². The molecular formula is C16H12ClN3O2. The van der Waals surface area contributed by atoms with Gasteiger partial charge in [0.2, 0.25) is 0 Å². The van der Waals surface area contributed by atoms with Crippen LogP contribution in [0.5, 0.6) is 0 Å². The Morgan fingerprint density at radius 3 is 2.55 bits per heavy atom. The molecule has 0 aliphatic carbocycles. The average molecular weight is 314 g/mol. The molecule has 2 aromatic rings. The molecule has 0 N–H and O–H groups in total. The van der Waals surface area contributed by atoms with Crippen LogP contribution >= 0.6 is 11.6 Å². The maximum Gasteiger partial charge on any atom is 0.269 e. The third-order valence-electron chi connectivity index (χ3n) is 3.45. The monoisotopic (exact) mass is 313 g/mol. The fourth-order valence-corrected chi connectivity index (χ4v) is 2.55. The highest BCUT2D eigenvalue weighted by Gasteiger charge is 2.17. The molecule has 0 saturated heterocycles. The largest absolute Gasteiger partial charge is 0.269 e. The van der Waals surface area contributed by atoms with E-state index in [0.29, 0.717) is 17.2 Å². The standard InChI is InChI=1S/C16H12ClN3O2/c1-10-8-12-2-5-13(17)9-15(12)16(19-18-10)11-3-6-14(7-4-11)20(21)22/h2-7,9H,8H2,1H3. The molecule has 0 radical (unpaired) electrons. The Balaban J connectivity index is 2.13. The number of benzene rings is 2. The third-order valence-corrected chi connectivity index (χ3v) is 3.68. The zero-order chi connectivity index (χ0) is 15.7. The van der Waals surface area contributed by atoms with Crippen LogP contribution < -0.4 is 0 Å².